The predicted molar refractivity (Wildman–Crippen MR) is 125 cm³/mol. The number of aryl methyl sites for hydroxylation is 1. The van der Waals surface area contributed by atoms with Crippen LogP contribution in [0.2, 0.25) is 0 Å². The van der Waals surface area contributed by atoms with Gasteiger partial charge in [0.25, 0.3) is 0 Å². The third kappa shape index (κ3) is 4.81. The highest BCUT2D eigenvalue weighted by Gasteiger charge is 2.56. The maximum absolute atomic E-state index is 12.6. The minimum atomic E-state index is 0.0343. The van der Waals surface area contributed by atoms with Crippen LogP contribution < -0.4 is 0 Å². The Bertz CT molecular complexity index is 757. The lowest BCUT2D eigenvalue weighted by Gasteiger charge is -2.50. The van der Waals surface area contributed by atoms with Crippen molar-refractivity contribution in [2.75, 3.05) is 0 Å². The third-order valence-corrected chi connectivity index (χ3v) is 8.88. The summed E-state index contributed by atoms with van der Waals surface area (Å²) in [5, 5.41) is 9.87. The van der Waals surface area contributed by atoms with Gasteiger partial charge in [-0.25, -0.2) is 0 Å². The van der Waals surface area contributed by atoms with Crippen molar-refractivity contribution in [3.8, 4) is 5.75 Å². The lowest BCUT2D eigenvalue weighted by molar-refractivity contribution is -0.157. The number of rotatable bonds is 9. The summed E-state index contributed by atoms with van der Waals surface area (Å²) in [6.45, 7) is 4.65. The zero-order valence-corrected chi connectivity index (χ0v) is 19.7. The fourth-order valence-electron chi connectivity index (χ4n) is 7.16. The van der Waals surface area contributed by atoms with Crippen molar-refractivity contribution in [1.29, 1.82) is 0 Å². The van der Waals surface area contributed by atoms with Gasteiger partial charge in [-0.15, -0.1) is 0 Å². The Morgan fingerprint density at radius 1 is 1.06 bits per heavy atom. The standard InChI is InChI=1S/C28H42O3/c1-3-4-5-6-7-8-9-10-27(30)31-26-16-15-25-24-13-11-20-19-21(29)12-14-22(20)23(24)17-18-28(25,26)2/h12,14,19,23-26,29H,3-11,13,15-18H2,1-2H3/t23-,24-,25+,26+,28+/m1/s1. The van der Waals surface area contributed by atoms with Crippen LogP contribution in [0.4, 0.5) is 0 Å². The quantitative estimate of drug-likeness (QED) is 0.333. The number of fused-ring (bicyclic) bond motifs is 5. The monoisotopic (exact) mass is 426 g/mol. The molecule has 3 aliphatic rings. The van der Waals surface area contributed by atoms with Crippen molar-refractivity contribution in [3.63, 3.8) is 0 Å². The fourth-order valence-corrected chi connectivity index (χ4v) is 7.16. The van der Waals surface area contributed by atoms with Gasteiger partial charge in [-0.2, -0.15) is 0 Å². The van der Waals surface area contributed by atoms with E-state index in [1.165, 1.54) is 62.5 Å². The number of esters is 1. The molecule has 5 atom stereocenters. The first-order chi connectivity index (χ1) is 15.0. The maximum atomic E-state index is 12.6. The molecule has 1 N–H and O–H groups in total. The number of aromatic hydroxyl groups is 1. The number of phenols is 1. The number of hydrogen-bond acceptors (Lipinski definition) is 3. The van der Waals surface area contributed by atoms with Gasteiger partial charge in [-0.05, 0) is 86.0 Å². The molecule has 0 unspecified atom stereocenters. The molecule has 1 aromatic rings. The van der Waals surface area contributed by atoms with Crippen LogP contribution in [0.3, 0.4) is 0 Å². The van der Waals surface area contributed by atoms with Crippen LogP contribution >= 0.6 is 0 Å². The molecule has 0 heterocycles. The molecule has 2 saturated carbocycles. The lowest BCUT2D eigenvalue weighted by Crippen LogP contribution is -2.45. The maximum Gasteiger partial charge on any atom is 0.306 e. The van der Waals surface area contributed by atoms with Gasteiger partial charge in [0.15, 0.2) is 0 Å². The summed E-state index contributed by atoms with van der Waals surface area (Å²) in [4.78, 5) is 12.6. The molecule has 31 heavy (non-hydrogen) atoms. The molecule has 0 bridgehead atoms. The molecular formula is C28H42O3. The summed E-state index contributed by atoms with van der Waals surface area (Å²) in [6, 6.07) is 6.00. The van der Waals surface area contributed by atoms with E-state index in [9.17, 15) is 9.90 Å². The summed E-state index contributed by atoms with van der Waals surface area (Å²) in [7, 11) is 0. The van der Waals surface area contributed by atoms with Gasteiger partial charge >= 0.3 is 5.97 Å². The Labute approximate surface area is 189 Å². The topological polar surface area (TPSA) is 46.5 Å². The lowest BCUT2D eigenvalue weighted by atomic mass is 9.55. The molecule has 172 valence electrons. The Hall–Kier alpha value is -1.51. The molecule has 0 saturated heterocycles. The molecule has 3 nitrogen and oxygen atoms in total. The van der Waals surface area contributed by atoms with Crippen molar-refractivity contribution < 1.29 is 14.6 Å². The van der Waals surface area contributed by atoms with Gasteiger partial charge in [0.2, 0.25) is 0 Å². The zero-order chi connectivity index (χ0) is 21.8. The Morgan fingerprint density at radius 3 is 2.65 bits per heavy atom. The summed E-state index contributed by atoms with van der Waals surface area (Å²) in [5.74, 6) is 2.40. The van der Waals surface area contributed by atoms with Gasteiger partial charge < -0.3 is 9.84 Å². The van der Waals surface area contributed by atoms with Gasteiger partial charge in [-0.1, -0.05) is 58.4 Å². The fraction of sp³-hybridized carbons (Fsp3) is 0.750. The summed E-state index contributed by atoms with van der Waals surface area (Å²) >= 11 is 0. The van der Waals surface area contributed by atoms with E-state index in [0.29, 0.717) is 29.9 Å². The van der Waals surface area contributed by atoms with E-state index < -0.39 is 0 Å². The van der Waals surface area contributed by atoms with E-state index in [1.807, 2.05) is 12.1 Å². The van der Waals surface area contributed by atoms with E-state index in [1.54, 1.807) is 0 Å². The Morgan fingerprint density at radius 2 is 1.84 bits per heavy atom. The van der Waals surface area contributed by atoms with Crippen LogP contribution in [-0.2, 0) is 16.0 Å². The number of ether oxygens (including phenoxy) is 1. The van der Waals surface area contributed by atoms with Gasteiger partial charge in [0, 0.05) is 11.8 Å². The number of carbonyl (C=O) groups is 1. The number of carbonyl (C=O) groups excluding carboxylic acids is 1. The number of phenolic OH excluding ortho intramolecular Hbond substituents is 1. The second-order valence-electron chi connectivity index (χ2n) is 10.8. The Kier molecular flexibility index (Phi) is 7.29. The molecule has 0 aliphatic heterocycles. The van der Waals surface area contributed by atoms with E-state index in [0.717, 1.165) is 32.1 Å². The van der Waals surface area contributed by atoms with Crippen LogP contribution in [0.15, 0.2) is 18.2 Å². The van der Waals surface area contributed by atoms with E-state index in [-0.39, 0.29) is 17.5 Å². The second-order valence-corrected chi connectivity index (χ2v) is 10.8. The van der Waals surface area contributed by atoms with Crippen molar-refractivity contribution >= 4 is 5.97 Å². The van der Waals surface area contributed by atoms with Crippen molar-refractivity contribution in [3.05, 3.63) is 29.3 Å². The van der Waals surface area contributed by atoms with Crippen molar-refractivity contribution in [2.45, 2.75) is 116 Å². The van der Waals surface area contributed by atoms with Crippen LogP contribution in [0.25, 0.3) is 0 Å². The minimum Gasteiger partial charge on any atom is -0.508 e. The molecule has 0 aromatic heterocycles. The largest absolute Gasteiger partial charge is 0.508 e. The molecule has 3 aliphatic carbocycles. The molecule has 3 heteroatoms. The average molecular weight is 427 g/mol. The Balaban J connectivity index is 1.30. The van der Waals surface area contributed by atoms with Crippen LogP contribution in [-0.4, -0.2) is 17.2 Å². The number of benzene rings is 1. The SMILES string of the molecule is CCCCCCCCCC(=O)O[C@H]1CC[C@H]2[C@@H]3CCc4cc(O)ccc4[C@H]3CC[C@]12C. The number of unbranched alkanes of at least 4 members (excludes halogenated alkanes) is 6. The zero-order valence-electron chi connectivity index (χ0n) is 19.7. The molecule has 2 fully saturated rings. The summed E-state index contributed by atoms with van der Waals surface area (Å²) < 4.78 is 6.12. The van der Waals surface area contributed by atoms with Gasteiger partial charge in [-0.3, -0.25) is 4.79 Å². The highest BCUT2D eigenvalue weighted by molar-refractivity contribution is 5.69. The highest BCUT2D eigenvalue weighted by Crippen LogP contribution is 2.61. The summed E-state index contributed by atoms with van der Waals surface area (Å²) in [5.41, 5.74) is 2.96. The van der Waals surface area contributed by atoms with Crippen molar-refractivity contribution in [2.24, 2.45) is 17.3 Å². The van der Waals surface area contributed by atoms with Crippen LogP contribution in [0, 0.1) is 17.3 Å². The molecule has 4 rings (SSSR count). The van der Waals surface area contributed by atoms with Gasteiger partial charge in [0.1, 0.15) is 11.9 Å². The molecule has 0 amide bonds. The second kappa shape index (κ2) is 9.96. The third-order valence-electron chi connectivity index (χ3n) is 8.88. The number of hydrogen-bond donors (Lipinski definition) is 1. The first-order valence-electron chi connectivity index (χ1n) is 13.0. The first-order valence-corrected chi connectivity index (χ1v) is 13.0. The normalized spacial score (nSPS) is 31.5. The summed E-state index contributed by atoms with van der Waals surface area (Å²) in [6.07, 6.45) is 16.2. The first kappa shape index (κ1) is 22.7. The average Bonchev–Trinajstić information content (AvgIpc) is 3.09. The molecule has 0 radical (unpaired) electrons. The molecule has 0 spiro atoms. The molecule has 1 aromatic carbocycles. The predicted octanol–water partition coefficient (Wildman–Crippen LogP) is 7.30. The van der Waals surface area contributed by atoms with E-state index in [2.05, 4.69) is 19.9 Å². The van der Waals surface area contributed by atoms with Crippen molar-refractivity contribution in [1.82, 2.24) is 0 Å². The smallest absolute Gasteiger partial charge is 0.306 e. The van der Waals surface area contributed by atoms with Gasteiger partial charge in [0.05, 0.1) is 0 Å². The van der Waals surface area contributed by atoms with E-state index in [4.69, 9.17) is 4.74 Å². The minimum absolute atomic E-state index is 0.0343. The van der Waals surface area contributed by atoms with E-state index >= 15 is 0 Å². The van der Waals surface area contributed by atoms with Crippen LogP contribution in [0.1, 0.15) is 114 Å². The van der Waals surface area contributed by atoms with Crippen LogP contribution in [0.5, 0.6) is 5.75 Å². The highest BCUT2D eigenvalue weighted by atomic mass is 16.5. The molecular weight excluding hydrogens is 384 g/mol.